The number of hydrogen-bond acceptors (Lipinski definition) is 4. The number of amidine groups is 1. The van der Waals surface area contributed by atoms with Crippen molar-refractivity contribution in [3.8, 4) is 0 Å². The summed E-state index contributed by atoms with van der Waals surface area (Å²) in [6, 6.07) is 0. The van der Waals surface area contributed by atoms with Crippen LogP contribution in [0.2, 0.25) is 0 Å². The van der Waals surface area contributed by atoms with E-state index in [1.165, 1.54) is 12.8 Å². The molecule has 1 fully saturated rings. The Hall–Kier alpha value is -0.420. The SMILES string of the molecule is COC1CCCC(SC(N)=NN)C1. The van der Waals surface area contributed by atoms with Gasteiger partial charge in [0.1, 0.15) is 0 Å². The first-order chi connectivity index (χ1) is 6.26. The normalized spacial score (nSPS) is 30.4. The molecule has 0 aliphatic heterocycles. The van der Waals surface area contributed by atoms with E-state index in [0.29, 0.717) is 16.5 Å². The lowest BCUT2D eigenvalue weighted by Crippen LogP contribution is -2.26. The van der Waals surface area contributed by atoms with E-state index in [1.807, 2.05) is 0 Å². The number of hydrazone groups is 1. The average Bonchev–Trinajstić information content (AvgIpc) is 2.18. The van der Waals surface area contributed by atoms with Gasteiger partial charge in [-0.1, -0.05) is 11.8 Å². The van der Waals surface area contributed by atoms with Crippen LogP contribution in [0.3, 0.4) is 0 Å². The highest BCUT2D eigenvalue weighted by molar-refractivity contribution is 8.14. The molecular weight excluding hydrogens is 186 g/mol. The summed E-state index contributed by atoms with van der Waals surface area (Å²) in [6.07, 6.45) is 4.98. The average molecular weight is 203 g/mol. The molecule has 1 rings (SSSR count). The fourth-order valence-corrected chi connectivity index (χ4v) is 2.62. The second-order valence-corrected chi connectivity index (χ2v) is 4.55. The van der Waals surface area contributed by atoms with Crippen molar-refractivity contribution in [3.63, 3.8) is 0 Å². The zero-order chi connectivity index (χ0) is 9.68. The largest absolute Gasteiger partial charge is 0.381 e. The maximum Gasteiger partial charge on any atom is 0.177 e. The number of nitrogens with zero attached hydrogens (tertiary/aromatic N) is 1. The molecule has 2 atom stereocenters. The van der Waals surface area contributed by atoms with Crippen LogP contribution in [0.25, 0.3) is 0 Å². The summed E-state index contributed by atoms with van der Waals surface area (Å²) in [7, 11) is 1.76. The predicted molar refractivity (Wildman–Crippen MR) is 56.5 cm³/mol. The van der Waals surface area contributed by atoms with Crippen LogP contribution in [-0.2, 0) is 4.74 Å². The van der Waals surface area contributed by atoms with Crippen molar-refractivity contribution in [3.05, 3.63) is 0 Å². The number of nitrogens with two attached hydrogens (primary N) is 2. The minimum atomic E-state index is 0.386. The van der Waals surface area contributed by atoms with Crippen LogP contribution in [-0.4, -0.2) is 23.6 Å². The maximum absolute atomic E-state index is 5.54. The lowest BCUT2D eigenvalue weighted by molar-refractivity contribution is 0.0731. The molecule has 0 aromatic carbocycles. The zero-order valence-corrected chi connectivity index (χ0v) is 8.72. The Morgan fingerprint density at radius 3 is 2.92 bits per heavy atom. The van der Waals surface area contributed by atoms with Crippen LogP contribution in [0, 0.1) is 0 Å². The fraction of sp³-hybridized carbons (Fsp3) is 0.875. The van der Waals surface area contributed by atoms with Gasteiger partial charge in [0.15, 0.2) is 5.17 Å². The summed E-state index contributed by atoms with van der Waals surface area (Å²) in [5.74, 6) is 5.07. The molecule has 0 aromatic rings. The zero-order valence-electron chi connectivity index (χ0n) is 7.90. The van der Waals surface area contributed by atoms with Gasteiger partial charge in [-0.05, 0) is 25.7 Å². The molecule has 4 nitrogen and oxygen atoms in total. The highest BCUT2D eigenvalue weighted by atomic mass is 32.2. The number of methoxy groups -OCH3 is 1. The number of ether oxygens (including phenoxy) is 1. The van der Waals surface area contributed by atoms with Crippen LogP contribution in [0.4, 0.5) is 0 Å². The third-order valence-corrected chi connectivity index (χ3v) is 3.43. The summed E-state index contributed by atoms with van der Waals surface area (Å²) in [5.41, 5.74) is 5.54. The van der Waals surface area contributed by atoms with Gasteiger partial charge in [-0.2, -0.15) is 5.10 Å². The topological polar surface area (TPSA) is 73.6 Å². The molecule has 2 unspecified atom stereocenters. The van der Waals surface area contributed by atoms with Gasteiger partial charge < -0.3 is 16.3 Å². The van der Waals surface area contributed by atoms with E-state index in [2.05, 4.69) is 5.10 Å². The first-order valence-electron chi connectivity index (χ1n) is 4.49. The van der Waals surface area contributed by atoms with E-state index >= 15 is 0 Å². The molecule has 0 saturated heterocycles. The Bertz CT molecular complexity index is 186. The highest BCUT2D eigenvalue weighted by Crippen LogP contribution is 2.29. The van der Waals surface area contributed by atoms with Gasteiger partial charge in [-0.25, -0.2) is 0 Å². The molecule has 1 aliphatic carbocycles. The molecule has 0 amide bonds. The molecule has 0 aromatic heterocycles. The third-order valence-electron chi connectivity index (χ3n) is 2.33. The van der Waals surface area contributed by atoms with Crippen LogP contribution in [0.1, 0.15) is 25.7 Å². The fourth-order valence-electron chi connectivity index (χ4n) is 1.62. The van der Waals surface area contributed by atoms with Gasteiger partial charge in [0.2, 0.25) is 0 Å². The van der Waals surface area contributed by atoms with Crippen LogP contribution in [0.5, 0.6) is 0 Å². The van der Waals surface area contributed by atoms with Crippen LogP contribution in [0.15, 0.2) is 5.10 Å². The highest BCUT2D eigenvalue weighted by Gasteiger charge is 2.22. The molecule has 0 spiro atoms. The summed E-state index contributed by atoms with van der Waals surface area (Å²) < 4.78 is 5.31. The summed E-state index contributed by atoms with van der Waals surface area (Å²) in [5, 5.41) is 4.44. The van der Waals surface area contributed by atoms with E-state index in [4.69, 9.17) is 16.3 Å². The van der Waals surface area contributed by atoms with Crippen molar-refractivity contribution in [2.75, 3.05) is 7.11 Å². The third kappa shape index (κ3) is 3.44. The van der Waals surface area contributed by atoms with Gasteiger partial charge in [0.05, 0.1) is 6.10 Å². The van der Waals surface area contributed by atoms with Gasteiger partial charge in [0, 0.05) is 12.4 Å². The quantitative estimate of drug-likeness (QED) is 0.302. The molecule has 1 saturated carbocycles. The molecule has 76 valence electrons. The number of thioether (sulfide) groups is 1. The van der Waals surface area contributed by atoms with E-state index in [0.717, 1.165) is 12.8 Å². The number of rotatable bonds is 2. The van der Waals surface area contributed by atoms with Crippen molar-refractivity contribution in [1.82, 2.24) is 0 Å². The van der Waals surface area contributed by atoms with Gasteiger partial charge in [0.25, 0.3) is 0 Å². The van der Waals surface area contributed by atoms with Gasteiger partial charge in [-0.15, -0.1) is 0 Å². The predicted octanol–water partition coefficient (Wildman–Crippen LogP) is 0.866. The minimum Gasteiger partial charge on any atom is -0.381 e. The first kappa shape index (κ1) is 10.7. The van der Waals surface area contributed by atoms with E-state index in [1.54, 1.807) is 18.9 Å². The van der Waals surface area contributed by atoms with Crippen molar-refractivity contribution in [1.29, 1.82) is 0 Å². The smallest absolute Gasteiger partial charge is 0.177 e. The summed E-state index contributed by atoms with van der Waals surface area (Å²) in [6.45, 7) is 0. The Morgan fingerprint density at radius 1 is 1.54 bits per heavy atom. The Balaban J connectivity index is 2.34. The molecular formula is C8H17N3OS. The summed E-state index contributed by atoms with van der Waals surface area (Å²) in [4.78, 5) is 0. The number of hydrogen-bond donors (Lipinski definition) is 2. The standard InChI is InChI=1S/C8H17N3OS/c1-12-6-3-2-4-7(5-6)13-8(9)11-10/h6-7H,2-5,10H2,1H3,(H2,9,11). The first-order valence-corrected chi connectivity index (χ1v) is 5.37. The van der Waals surface area contributed by atoms with Crippen molar-refractivity contribution >= 4 is 16.9 Å². The molecule has 5 heteroatoms. The Morgan fingerprint density at radius 2 is 2.31 bits per heavy atom. The molecule has 0 radical (unpaired) electrons. The molecule has 1 aliphatic rings. The lowest BCUT2D eigenvalue weighted by Gasteiger charge is -2.27. The lowest BCUT2D eigenvalue weighted by atomic mass is 9.97. The Labute approximate surface area is 83.1 Å². The van der Waals surface area contributed by atoms with Crippen molar-refractivity contribution < 1.29 is 4.74 Å². The van der Waals surface area contributed by atoms with Gasteiger partial charge >= 0.3 is 0 Å². The summed E-state index contributed by atoms with van der Waals surface area (Å²) >= 11 is 1.56. The molecule has 0 heterocycles. The van der Waals surface area contributed by atoms with Crippen LogP contribution < -0.4 is 11.6 Å². The van der Waals surface area contributed by atoms with Gasteiger partial charge in [-0.3, -0.25) is 0 Å². The maximum atomic E-state index is 5.54. The van der Waals surface area contributed by atoms with Crippen molar-refractivity contribution in [2.45, 2.75) is 37.0 Å². The second kappa shape index (κ2) is 5.34. The molecule has 13 heavy (non-hydrogen) atoms. The molecule has 4 N–H and O–H groups in total. The second-order valence-electron chi connectivity index (χ2n) is 3.23. The monoisotopic (exact) mass is 203 g/mol. The van der Waals surface area contributed by atoms with E-state index < -0.39 is 0 Å². The van der Waals surface area contributed by atoms with Crippen molar-refractivity contribution in [2.24, 2.45) is 16.7 Å². The Kier molecular flexibility index (Phi) is 4.38. The minimum absolute atomic E-state index is 0.386. The van der Waals surface area contributed by atoms with Crippen LogP contribution >= 0.6 is 11.8 Å². The van der Waals surface area contributed by atoms with E-state index in [-0.39, 0.29) is 0 Å². The van der Waals surface area contributed by atoms with E-state index in [9.17, 15) is 0 Å². The molecule has 0 bridgehead atoms.